The lowest BCUT2D eigenvalue weighted by Gasteiger charge is -2.02. The van der Waals surface area contributed by atoms with Gasteiger partial charge in [-0.1, -0.05) is 0 Å². The van der Waals surface area contributed by atoms with Crippen molar-refractivity contribution in [2.45, 2.75) is 0 Å². The summed E-state index contributed by atoms with van der Waals surface area (Å²) in [7, 11) is 0. The van der Waals surface area contributed by atoms with Crippen molar-refractivity contribution in [1.82, 2.24) is 14.8 Å². The molecule has 82 valence electrons. The lowest BCUT2D eigenvalue weighted by Crippen LogP contribution is -2.03. The first kappa shape index (κ1) is 11.3. The molecule has 0 amide bonds. The van der Waals surface area contributed by atoms with Gasteiger partial charge < -0.3 is 5.11 Å². The number of aromatic nitrogens is 3. The smallest absolute Gasteiger partial charge is 0.356 e. The Kier molecular flexibility index (Phi) is 3.06. The third-order valence-electron chi connectivity index (χ3n) is 1.81. The number of carboxylic acids is 1. The van der Waals surface area contributed by atoms with E-state index in [4.69, 9.17) is 5.11 Å². The van der Waals surface area contributed by atoms with Crippen molar-refractivity contribution in [3.8, 4) is 5.82 Å². The molecule has 0 radical (unpaired) electrons. The molecule has 0 aliphatic rings. The van der Waals surface area contributed by atoms with Crippen molar-refractivity contribution in [2.24, 2.45) is 0 Å². The molecule has 0 unspecified atom stereocenters. The van der Waals surface area contributed by atoms with Gasteiger partial charge in [0.1, 0.15) is 0 Å². The second kappa shape index (κ2) is 4.34. The van der Waals surface area contributed by atoms with Crippen LogP contribution >= 0.6 is 31.9 Å². The summed E-state index contributed by atoms with van der Waals surface area (Å²) in [6, 6.07) is 3.23. The minimum absolute atomic E-state index is 0.0170. The lowest BCUT2D eigenvalue weighted by molar-refractivity contribution is 0.0690. The number of pyridine rings is 1. The van der Waals surface area contributed by atoms with Gasteiger partial charge >= 0.3 is 5.97 Å². The molecule has 0 spiro atoms. The molecule has 0 fully saturated rings. The van der Waals surface area contributed by atoms with Crippen LogP contribution in [-0.4, -0.2) is 25.8 Å². The Morgan fingerprint density at radius 3 is 2.75 bits per heavy atom. The summed E-state index contributed by atoms with van der Waals surface area (Å²) in [5, 5.41) is 12.6. The molecule has 0 aliphatic heterocycles. The molecule has 7 heteroatoms. The quantitative estimate of drug-likeness (QED) is 0.907. The zero-order valence-corrected chi connectivity index (χ0v) is 10.9. The molecule has 2 aromatic rings. The third kappa shape index (κ3) is 2.14. The van der Waals surface area contributed by atoms with Gasteiger partial charge in [0.2, 0.25) is 0 Å². The monoisotopic (exact) mass is 345 g/mol. The van der Waals surface area contributed by atoms with E-state index in [9.17, 15) is 4.79 Å². The Balaban J connectivity index is 2.46. The van der Waals surface area contributed by atoms with Gasteiger partial charge in [-0.15, -0.1) is 0 Å². The Bertz CT molecular complexity index is 553. The van der Waals surface area contributed by atoms with E-state index in [1.54, 1.807) is 12.4 Å². The van der Waals surface area contributed by atoms with Gasteiger partial charge in [0.25, 0.3) is 0 Å². The number of hydrogen-bond acceptors (Lipinski definition) is 3. The molecule has 5 nitrogen and oxygen atoms in total. The fraction of sp³-hybridized carbons (Fsp3) is 0. The van der Waals surface area contributed by atoms with Crippen LogP contribution in [-0.2, 0) is 0 Å². The number of carbonyl (C=O) groups is 1. The molecule has 0 atom stereocenters. The number of halogens is 2. The highest BCUT2D eigenvalue weighted by Crippen LogP contribution is 2.22. The van der Waals surface area contributed by atoms with Crippen LogP contribution in [0.15, 0.2) is 33.5 Å². The van der Waals surface area contributed by atoms with E-state index in [1.165, 1.54) is 10.7 Å². The molecular formula is C9H5Br2N3O2. The summed E-state index contributed by atoms with van der Waals surface area (Å²) in [6.07, 6.45) is 3.16. The number of carboxylic acid groups (broad SMARTS) is 1. The van der Waals surface area contributed by atoms with E-state index >= 15 is 0 Å². The summed E-state index contributed by atoms with van der Waals surface area (Å²) >= 11 is 6.61. The molecule has 1 N–H and O–H groups in total. The summed E-state index contributed by atoms with van der Waals surface area (Å²) in [6.45, 7) is 0. The van der Waals surface area contributed by atoms with Crippen LogP contribution < -0.4 is 0 Å². The minimum atomic E-state index is -1.06. The molecule has 0 aromatic carbocycles. The molecule has 2 rings (SSSR count). The maximum absolute atomic E-state index is 10.7. The highest BCUT2D eigenvalue weighted by Gasteiger charge is 2.10. The Morgan fingerprint density at radius 2 is 2.19 bits per heavy atom. The summed E-state index contributed by atoms with van der Waals surface area (Å²) in [5.74, 6) is -0.525. The molecule has 2 aromatic heterocycles. The SMILES string of the molecule is O=C(O)c1ccn(-c2ncc(Br)cc2Br)n1. The molecule has 0 saturated carbocycles. The first-order valence-electron chi connectivity index (χ1n) is 4.18. The Hall–Kier alpha value is -1.21. The second-order valence-electron chi connectivity index (χ2n) is 2.91. The lowest BCUT2D eigenvalue weighted by atomic mass is 10.4. The highest BCUT2D eigenvalue weighted by molar-refractivity contribution is 9.11. The van der Waals surface area contributed by atoms with Crippen LogP contribution in [0.3, 0.4) is 0 Å². The zero-order chi connectivity index (χ0) is 11.7. The van der Waals surface area contributed by atoms with E-state index in [0.717, 1.165) is 8.95 Å². The van der Waals surface area contributed by atoms with E-state index in [1.807, 2.05) is 6.07 Å². The van der Waals surface area contributed by atoms with Crippen LogP contribution in [0.25, 0.3) is 5.82 Å². The molecular weight excluding hydrogens is 342 g/mol. The third-order valence-corrected chi connectivity index (χ3v) is 2.83. The standard InChI is InChI=1S/C9H5Br2N3O2/c10-5-3-6(11)8(12-4-5)14-2-1-7(13-14)9(15)16/h1-4H,(H,15,16). The maximum Gasteiger partial charge on any atom is 0.356 e. The van der Waals surface area contributed by atoms with Crippen LogP contribution in [0.5, 0.6) is 0 Å². The molecule has 16 heavy (non-hydrogen) atoms. The first-order valence-corrected chi connectivity index (χ1v) is 5.77. The van der Waals surface area contributed by atoms with Gasteiger partial charge in [0.15, 0.2) is 11.5 Å². The van der Waals surface area contributed by atoms with E-state index in [2.05, 4.69) is 41.9 Å². The van der Waals surface area contributed by atoms with Crippen molar-refractivity contribution < 1.29 is 9.90 Å². The van der Waals surface area contributed by atoms with Crippen molar-refractivity contribution in [3.63, 3.8) is 0 Å². The van der Waals surface area contributed by atoms with Gasteiger partial charge in [-0.25, -0.2) is 14.5 Å². The van der Waals surface area contributed by atoms with Crippen molar-refractivity contribution in [2.75, 3.05) is 0 Å². The molecule has 2 heterocycles. The van der Waals surface area contributed by atoms with Gasteiger partial charge in [0.05, 0.1) is 4.47 Å². The summed E-state index contributed by atoms with van der Waals surface area (Å²) < 4.78 is 2.95. The Labute approximate surface area is 107 Å². The Morgan fingerprint density at radius 1 is 1.44 bits per heavy atom. The molecule has 0 bridgehead atoms. The minimum Gasteiger partial charge on any atom is -0.476 e. The fourth-order valence-electron chi connectivity index (χ4n) is 1.13. The first-order chi connectivity index (χ1) is 7.58. The normalized spacial score (nSPS) is 10.4. The predicted octanol–water partition coefficient (Wildman–Crippen LogP) is 2.49. The number of aromatic carboxylic acids is 1. The van der Waals surface area contributed by atoms with E-state index < -0.39 is 5.97 Å². The van der Waals surface area contributed by atoms with Gasteiger partial charge in [-0.3, -0.25) is 0 Å². The zero-order valence-electron chi connectivity index (χ0n) is 7.76. The van der Waals surface area contributed by atoms with Crippen molar-refractivity contribution in [1.29, 1.82) is 0 Å². The van der Waals surface area contributed by atoms with Crippen LogP contribution in [0.1, 0.15) is 10.5 Å². The molecule has 0 aliphatic carbocycles. The average Bonchev–Trinajstić information content (AvgIpc) is 2.66. The van der Waals surface area contributed by atoms with Gasteiger partial charge in [-0.05, 0) is 44.0 Å². The molecule has 0 saturated heterocycles. The van der Waals surface area contributed by atoms with E-state index in [0.29, 0.717) is 5.82 Å². The average molecular weight is 347 g/mol. The van der Waals surface area contributed by atoms with E-state index in [-0.39, 0.29) is 5.69 Å². The van der Waals surface area contributed by atoms with Crippen LogP contribution in [0.2, 0.25) is 0 Å². The van der Waals surface area contributed by atoms with Crippen molar-refractivity contribution >= 4 is 37.8 Å². The van der Waals surface area contributed by atoms with Gasteiger partial charge in [-0.2, -0.15) is 5.10 Å². The maximum atomic E-state index is 10.7. The number of hydrogen-bond donors (Lipinski definition) is 1. The van der Waals surface area contributed by atoms with Crippen molar-refractivity contribution in [3.05, 3.63) is 39.2 Å². The summed E-state index contributed by atoms with van der Waals surface area (Å²) in [5.41, 5.74) is -0.0170. The summed E-state index contributed by atoms with van der Waals surface area (Å²) in [4.78, 5) is 14.8. The number of rotatable bonds is 2. The van der Waals surface area contributed by atoms with Gasteiger partial charge in [0, 0.05) is 16.9 Å². The largest absolute Gasteiger partial charge is 0.476 e. The fourth-order valence-corrected chi connectivity index (χ4v) is 2.30. The second-order valence-corrected chi connectivity index (χ2v) is 4.68. The topological polar surface area (TPSA) is 68.0 Å². The van der Waals surface area contributed by atoms with Crippen LogP contribution in [0.4, 0.5) is 0 Å². The van der Waals surface area contributed by atoms with Crippen LogP contribution in [0, 0.1) is 0 Å². The number of nitrogens with zero attached hydrogens (tertiary/aromatic N) is 3. The predicted molar refractivity (Wildman–Crippen MR) is 63.7 cm³/mol. The highest BCUT2D eigenvalue weighted by atomic mass is 79.9.